The summed E-state index contributed by atoms with van der Waals surface area (Å²) in [5.41, 5.74) is 1.46. The van der Waals surface area contributed by atoms with Crippen molar-refractivity contribution in [2.24, 2.45) is 9.74 Å². The monoisotopic (exact) mass is 614 g/mol. The second-order valence-corrected chi connectivity index (χ2v) is 12.8. The summed E-state index contributed by atoms with van der Waals surface area (Å²) in [6, 6.07) is 13.0. The topological polar surface area (TPSA) is 125 Å². The quantitative estimate of drug-likeness (QED) is 0.211. The number of fused-ring (bicyclic) bond motifs is 1. The van der Waals surface area contributed by atoms with Gasteiger partial charge in [-0.15, -0.1) is 0 Å². The van der Waals surface area contributed by atoms with Crippen molar-refractivity contribution in [2.75, 3.05) is 33.4 Å². The fraction of sp³-hybridized carbons (Fsp3) is 0.320. The van der Waals surface area contributed by atoms with Crippen molar-refractivity contribution in [3.05, 3.63) is 74.1 Å². The summed E-state index contributed by atoms with van der Waals surface area (Å²) in [7, 11) is -1.12. The van der Waals surface area contributed by atoms with E-state index in [1.807, 2.05) is 18.6 Å². The molecule has 0 amide bonds. The van der Waals surface area contributed by atoms with Crippen LogP contribution in [0.15, 0.2) is 56.7 Å². The Bertz CT molecular complexity index is 1580. The van der Waals surface area contributed by atoms with Gasteiger partial charge in [0.25, 0.3) is 5.69 Å². The molecule has 11 nitrogen and oxygen atoms in total. The molecule has 2 aliphatic rings. The third kappa shape index (κ3) is 4.78. The van der Waals surface area contributed by atoms with Gasteiger partial charge in [0.2, 0.25) is 0 Å². The number of halogens is 2. The number of morpholine rings is 1. The van der Waals surface area contributed by atoms with Crippen LogP contribution in [-0.2, 0) is 11.3 Å². The first-order valence-electron chi connectivity index (χ1n) is 12.2. The first-order chi connectivity index (χ1) is 18.8. The highest BCUT2D eigenvalue weighted by Crippen LogP contribution is 2.62. The van der Waals surface area contributed by atoms with Crippen LogP contribution in [0.25, 0.3) is 0 Å². The molecule has 1 aromatic heterocycles. The van der Waals surface area contributed by atoms with E-state index in [4.69, 9.17) is 19.6 Å². The van der Waals surface area contributed by atoms with Crippen molar-refractivity contribution < 1.29 is 14.1 Å². The number of hydrogen-bond donors (Lipinski definition) is 0. The van der Waals surface area contributed by atoms with Gasteiger partial charge in [0.05, 0.1) is 63.9 Å². The number of nitriles is 1. The van der Waals surface area contributed by atoms with Crippen LogP contribution < -0.4 is 5.30 Å². The number of nitro groups is 1. The molecule has 0 N–H and O–H groups in total. The fourth-order valence-corrected chi connectivity index (χ4v) is 9.29. The van der Waals surface area contributed by atoms with Gasteiger partial charge in [-0.05, 0) is 41.1 Å². The van der Waals surface area contributed by atoms with Crippen LogP contribution in [0.3, 0.4) is 0 Å². The van der Waals surface area contributed by atoms with Crippen molar-refractivity contribution in [1.82, 2.24) is 19.1 Å². The predicted molar refractivity (Wildman–Crippen MR) is 149 cm³/mol. The largest absolute Gasteiger partial charge is 0.379 e. The predicted octanol–water partition coefficient (Wildman–Crippen LogP) is 5.26. The highest BCUT2D eigenvalue weighted by molar-refractivity contribution is 9.10. The molecule has 2 aliphatic heterocycles. The molecule has 0 bridgehead atoms. The molecule has 1 atom stereocenters. The zero-order valence-corrected chi connectivity index (χ0v) is 23.8. The molecule has 14 heteroatoms. The number of rotatable bonds is 6. The van der Waals surface area contributed by atoms with Gasteiger partial charge in [-0.2, -0.15) is 10.4 Å². The average molecular weight is 615 g/mol. The van der Waals surface area contributed by atoms with E-state index in [9.17, 15) is 15.4 Å². The lowest BCUT2D eigenvalue weighted by molar-refractivity contribution is -0.384. The minimum atomic E-state index is -2.98. The van der Waals surface area contributed by atoms with E-state index in [2.05, 4.69) is 26.7 Å². The lowest BCUT2D eigenvalue weighted by atomic mass is 10.2. The maximum absolute atomic E-state index is 15.2. The van der Waals surface area contributed by atoms with Crippen LogP contribution in [0.5, 0.6) is 0 Å². The van der Waals surface area contributed by atoms with E-state index in [1.165, 1.54) is 18.2 Å². The van der Waals surface area contributed by atoms with Crippen LogP contribution >= 0.6 is 23.3 Å². The van der Waals surface area contributed by atoms with Crippen molar-refractivity contribution in [3.8, 4) is 6.07 Å². The minimum Gasteiger partial charge on any atom is -0.379 e. The first-order valence-corrected chi connectivity index (χ1v) is 14.6. The lowest BCUT2D eigenvalue weighted by Crippen LogP contribution is -2.45. The zero-order valence-electron chi connectivity index (χ0n) is 21.3. The second kappa shape index (κ2) is 11.0. The summed E-state index contributed by atoms with van der Waals surface area (Å²) in [6.45, 7) is 4.27. The molecule has 0 saturated carbocycles. The van der Waals surface area contributed by atoms with Gasteiger partial charge in [0.15, 0.2) is 13.2 Å². The Morgan fingerprint density at radius 1 is 1.28 bits per heavy atom. The lowest BCUT2D eigenvalue weighted by Gasteiger charge is -2.46. The Labute approximate surface area is 232 Å². The summed E-state index contributed by atoms with van der Waals surface area (Å²) >= 11 is 3.49. The van der Waals surface area contributed by atoms with Crippen molar-refractivity contribution in [3.63, 3.8) is 0 Å². The number of aliphatic imine (C=N–C) groups is 1. The number of nitro benzene ring substituents is 1. The normalized spacial score (nSPS) is 19.3. The molecule has 0 aliphatic carbocycles. The molecule has 0 unspecified atom stereocenters. The number of aryl methyl sites for hydroxylation is 2. The number of amidine groups is 1. The van der Waals surface area contributed by atoms with Gasteiger partial charge in [-0.25, -0.2) is 23.5 Å². The molecule has 2 aromatic carbocycles. The maximum atomic E-state index is 15.2. The maximum Gasteiger partial charge on any atom is 0.270 e. The molecule has 202 valence electrons. The Hall–Kier alpha value is -3.43. The van der Waals surface area contributed by atoms with Crippen LogP contribution in [-0.4, -0.2) is 63.2 Å². The Morgan fingerprint density at radius 3 is 2.69 bits per heavy atom. The van der Waals surface area contributed by atoms with Gasteiger partial charge >= 0.3 is 0 Å². The summed E-state index contributed by atoms with van der Waals surface area (Å²) in [5, 5.41) is 26.2. The summed E-state index contributed by atoms with van der Waals surface area (Å²) in [4.78, 5) is 15.9. The number of nitrogens with zero attached hydrogens (tertiary/aromatic N) is 8. The van der Waals surface area contributed by atoms with E-state index in [0.29, 0.717) is 65.9 Å². The van der Waals surface area contributed by atoms with Gasteiger partial charge in [0, 0.05) is 32.3 Å². The fourth-order valence-electron chi connectivity index (χ4n) is 4.85. The van der Waals surface area contributed by atoms with Crippen LogP contribution in [0.2, 0.25) is 0 Å². The van der Waals surface area contributed by atoms with Crippen LogP contribution in [0.4, 0.5) is 21.6 Å². The highest BCUT2D eigenvalue weighted by Gasteiger charge is 2.46. The van der Waals surface area contributed by atoms with Crippen LogP contribution in [0.1, 0.15) is 17.7 Å². The van der Waals surface area contributed by atoms with E-state index >= 15 is 4.39 Å². The summed E-state index contributed by atoms with van der Waals surface area (Å²) in [5.74, 6) is 0.490. The Balaban J connectivity index is 1.86. The molecule has 3 heterocycles. The number of ether oxygens (including phenoxy) is 1. The SMILES string of the molecule is Cc1nn(CCC#N)c2c1[P@](=Nc1ccc([N+](=O)[O-])cc1Br)(N1CCOCC1)N(C)C(c1ccccc1F)=N2. The van der Waals surface area contributed by atoms with Gasteiger partial charge in [-0.1, -0.05) is 12.1 Å². The minimum absolute atomic E-state index is 0.0635. The summed E-state index contributed by atoms with van der Waals surface area (Å²) in [6.07, 6.45) is 0.224. The molecular weight excluding hydrogens is 590 g/mol. The molecule has 5 rings (SSSR count). The highest BCUT2D eigenvalue weighted by atomic mass is 79.9. The van der Waals surface area contributed by atoms with E-state index in [0.717, 1.165) is 5.30 Å². The average Bonchev–Trinajstić information content (AvgIpc) is 3.25. The smallest absolute Gasteiger partial charge is 0.270 e. The standard InChI is InChI=1S/C25H25BrFN8O3P/c1-17-23-25(34(30-17)11-5-10-28)29-24(19-6-3-4-7-21(19)27)32(2)39(23,33-12-14-38-15-13-33)31-22-9-8-18(35(36)37)16-20(22)26/h3-4,6-9,16H,5,11-15H2,1-2H3/t39-/m1/s1. The third-order valence-corrected chi connectivity index (χ3v) is 11.1. The third-order valence-electron chi connectivity index (χ3n) is 6.63. The number of hydrogen-bond acceptors (Lipinski definition) is 7. The van der Waals surface area contributed by atoms with Crippen molar-refractivity contribution >= 4 is 51.6 Å². The number of non-ortho nitro benzene ring substituents is 1. The molecular formula is C25H25BrFN8O3P. The van der Waals surface area contributed by atoms with Gasteiger partial charge in [-0.3, -0.25) is 10.1 Å². The van der Waals surface area contributed by atoms with Gasteiger partial charge in [0.1, 0.15) is 11.7 Å². The Kier molecular flexibility index (Phi) is 7.64. The summed E-state index contributed by atoms with van der Waals surface area (Å²) < 4.78 is 32.6. The van der Waals surface area contributed by atoms with E-state index in [1.54, 1.807) is 28.9 Å². The number of benzene rings is 2. The molecule has 0 radical (unpaired) electrons. The zero-order chi connectivity index (χ0) is 27.7. The van der Waals surface area contributed by atoms with Crippen molar-refractivity contribution in [2.45, 2.75) is 19.9 Å². The van der Waals surface area contributed by atoms with Gasteiger partial charge < -0.3 is 9.41 Å². The second-order valence-electron chi connectivity index (χ2n) is 8.95. The molecule has 1 saturated heterocycles. The van der Waals surface area contributed by atoms with E-state index < -0.39 is 18.1 Å². The molecule has 39 heavy (non-hydrogen) atoms. The van der Waals surface area contributed by atoms with E-state index in [-0.39, 0.29) is 12.1 Å². The molecule has 1 fully saturated rings. The molecule has 3 aromatic rings. The van der Waals surface area contributed by atoms with Crippen LogP contribution in [0, 0.1) is 34.2 Å². The van der Waals surface area contributed by atoms with Crippen molar-refractivity contribution in [1.29, 1.82) is 5.26 Å². The molecule has 0 spiro atoms. The number of aromatic nitrogens is 2. The first kappa shape index (κ1) is 27.1. The Morgan fingerprint density at radius 2 is 2.03 bits per heavy atom.